The second-order valence-electron chi connectivity index (χ2n) is 3.48. The number of carbonyl (C=O) groups is 1. The van der Waals surface area contributed by atoms with Crippen molar-refractivity contribution in [3.8, 4) is 0 Å². The maximum absolute atomic E-state index is 11.4. The highest BCUT2D eigenvalue weighted by Crippen LogP contribution is 2.12. The predicted octanol–water partition coefficient (Wildman–Crippen LogP) is 0.543. The number of rotatable bonds is 5. The molecule has 0 aliphatic heterocycles. The highest BCUT2D eigenvalue weighted by atomic mass is 16.5. The number of ether oxygens (including phenoxy) is 1. The third-order valence-corrected chi connectivity index (χ3v) is 2.27. The first-order valence-electron chi connectivity index (χ1n) is 5.14. The molecular weight excluding hydrogens is 208 g/mol. The van der Waals surface area contributed by atoms with Crippen LogP contribution in [0.4, 0.5) is 0 Å². The summed E-state index contributed by atoms with van der Waals surface area (Å²) in [5, 5.41) is 17.7. The van der Waals surface area contributed by atoms with Crippen molar-refractivity contribution in [2.45, 2.75) is 12.8 Å². The van der Waals surface area contributed by atoms with Crippen molar-refractivity contribution < 1.29 is 19.7 Å². The smallest absolute Gasteiger partial charge is 0.337 e. The Morgan fingerprint density at radius 2 is 1.62 bits per heavy atom. The maximum atomic E-state index is 11.4. The predicted molar refractivity (Wildman–Crippen MR) is 59.4 cm³/mol. The molecule has 0 saturated carbocycles. The van der Waals surface area contributed by atoms with Crippen LogP contribution in [0.3, 0.4) is 0 Å². The summed E-state index contributed by atoms with van der Waals surface area (Å²) in [6, 6.07) is 5.27. The normalized spacial score (nSPS) is 10.2. The van der Waals surface area contributed by atoms with E-state index in [-0.39, 0.29) is 13.2 Å². The molecule has 0 radical (unpaired) electrons. The topological polar surface area (TPSA) is 66.8 Å². The lowest BCUT2D eigenvalue weighted by atomic mass is 10.0. The van der Waals surface area contributed by atoms with Gasteiger partial charge >= 0.3 is 5.97 Å². The van der Waals surface area contributed by atoms with E-state index >= 15 is 0 Å². The lowest BCUT2D eigenvalue weighted by molar-refractivity contribution is 0.0600. The molecule has 4 heteroatoms. The van der Waals surface area contributed by atoms with E-state index in [0.29, 0.717) is 18.4 Å². The van der Waals surface area contributed by atoms with Gasteiger partial charge in [-0.25, -0.2) is 4.79 Å². The Labute approximate surface area is 94.5 Å². The standard InChI is InChI=1S/C12H16O4/c1-16-12(15)11-7-9(2-4-13)6-10(8-11)3-5-14/h6-8,13-14H,2-5H2,1H3. The minimum absolute atomic E-state index is 0.0309. The molecule has 1 aromatic rings. The number of aliphatic hydroxyl groups is 2. The van der Waals surface area contributed by atoms with Crippen molar-refractivity contribution in [3.05, 3.63) is 34.9 Å². The summed E-state index contributed by atoms with van der Waals surface area (Å²) in [7, 11) is 1.33. The molecule has 0 aromatic heterocycles. The Morgan fingerprint density at radius 3 is 2.00 bits per heavy atom. The highest BCUT2D eigenvalue weighted by Gasteiger charge is 2.08. The van der Waals surface area contributed by atoms with Gasteiger partial charge in [0.2, 0.25) is 0 Å². The summed E-state index contributed by atoms with van der Waals surface area (Å²) in [5.74, 6) is -0.404. The second kappa shape index (κ2) is 6.25. The van der Waals surface area contributed by atoms with Crippen LogP contribution < -0.4 is 0 Å². The fourth-order valence-corrected chi connectivity index (χ4v) is 1.55. The zero-order valence-corrected chi connectivity index (χ0v) is 9.27. The third kappa shape index (κ3) is 3.32. The lowest BCUT2D eigenvalue weighted by Gasteiger charge is -2.07. The fourth-order valence-electron chi connectivity index (χ4n) is 1.55. The van der Waals surface area contributed by atoms with Gasteiger partial charge in [0, 0.05) is 13.2 Å². The molecular formula is C12H16O4. The van der Waals surface area contributed by atoms with Crippen molar-refractivity contribution in [1.29, 1.82) is 0 Å². The van der Waals surface area contributed by atoms with Crippen LogP contribution in [0.2, 0.25) is 0 Å². The first-order chi connectivity index (χ1) is 7.71. The van der Waals surface area contributed by atoms with E-state index in [0.717, 1.165) is 11.1 Å². The molecule has 0 heterocycles. The van der Waals surface area contributed by atoms with Gasteiger partial charge in [-0.15, -0.1) is 0 Å². The molecule has 0 unspecified atom stereocenters. The van der Waals surface area contributed by atoms with Crippen LogP contribution in [-0.2, 0) is 17.6 Å². The number of aliphatic hydroxyl groups excluding tert-OH is 2. The van der Waals surface area contributed by atoms with Gasteiger partial charge in [0.25, 0.3) is 0 Å². The van der Waals surface area contributed by atoms with Crippen LogP contribution >= 0.6 is 0 Å². The van der Waals surface area contributed by atoms with Gasteiger partial charge in [-0.2, -0.15) is 0 Å². The summed E-state index contributed by atoms with van der Waals surface area (Å²) >= 11 is 0. The quantitative estimate of drug-likeness (QED) is 0.716. The molecule has 4 nitrogen and oxygen atoms in total. The Morgan fingerprint density at radius 1 is 1.12 bits per heavy atom. The third-order valence-electron chi connectivity index (χ3n) is 2.27. The largest absolute Gasteiger partial charge is 0.465 e. The minimum atomic E-state index is -0.404. The Balaban J connectivity index is 3.02. The maximum Gasteiger partial charge on any atom is 0.337 e. The van der Waals surface area contributed by atoms with Crippen LogP contribution in [0.1, 0.15) is 21.5 Å². The average Bonchev–Trinajstić information content (AvgIpc) is 2.28. The molecule has 0 aliphatic rings. The summed E-state index contributed by atoms with van der Waals surface area (Å²) in [6.07, 6.45) is 0.979. The molecule has 0 aliphatic carbocycles. The van der Waals surface area contributed by atoms with Gasteiger partial charge in [0.05, 0.1) is 12.7 Å². The number of benzene rings is 1. The average molecular weight is 224 g/mol. The van der Waals surface area contributed by atoms with Gasteiger partial charge < -0.3 is 14.9 Å². The Bertz CT molecular complexity index is 336. The van der Waals surface area contributed by atoms with Crippen LogP contribution in [0.15, 0.2) is 18.2 Å². The van der Waals surface area contributed by atoms with Gasteiger partial charge in [-0.05, 0) is 36.1 Å². The van der Waals surface area contributed by atoms with Crippen LogP contribution in [0, 0.1) is 0 Å². The molecule has 1 aromatic carbocycles. The zero-order valence-electron chi connectivity index (χ0n) is 9.27. The molecule has 0 spiro atoms. The molecule has 16 heavy (non-hydrogen) atoms. The number of esters is 1. The van der Waals surface area contributed by atoms with Crippen molar-refractivity contribution in [3.63, 3.8) is 0 Å². The number of methoxy groups -OCH3 is 1. The highest BCUT2D eigenvalue weighted by molar-refractivity contribution is 5.89. The van der Waals surface area contributed by atoms with Gasteiger partial charge in [0.15, 0.2) is 0 Å². The summed E-state index contributed by atoms with van der Waals surface area (Å²) in [6.45, 7) is 0.0619. The molecule has 2 N–H and O–H groups in total. The van der Waals surface area contributed by atoms with Crippen molar-refractivity contribution in [2.24, 2.45) is 0 Å². The number of carbonyl (C=O) groups excluding carboxylic acids is 1. The van der Waals surface area contributed by atoms with Gasteiger partial charge in [0.1, 0.15) is 0 Å². The molecule has 0 atom stereocenters. The molecule has 1 rings (SSSR count). The second-order valence-corrected chi connectivity index (χ2v) is 3.48. The van der Waals surface area contributed by atoms with Crippen molar-refractivity contribution in [1.82, 2.24) is 0 Å². The first kappa shape index (κ1) is 12.7. The summed E-state index contributed by atoms with van der Waals surface area (Å²) in [4.78, 5) is 11.4. The van der Waals surface area contributed by atoms with E-state index < -0.39 is 5.97 Å². The summed E-state index contributed by atoms with van der Waals surface area (Å²) in [5.41, 5.74) is 2.19. The molecule has 0 fully saturated rings. The van der Waals surface area contributed by atoms with Crippen LogP contribution in [0.25, 0.3) is 0 Å². The van der Waals surface area contributed by atoms with Crippen LogP contribution in [-0.4, -0.2) is 36.5 Å². The van der Waals surface area contributed by atoms with Crippen molar-refractivity contribution in [2.75, 3.05) is 20.3 Å². The summed E-state index contributed by atoms with van der Waals surface area (Å²) < 4.78 is 4.64. The van der Waals surface area contributed by atoms with E-state index in [1.807, 2.05) is 6.07 Å². The SMILES string of the molecule is COC(=O)c1cc(CCO)cc(CCO)c1. The van der Waals surface area contributed by atoms with E-state index in [4.69, 9.17) is 10.2 Å². The lowest BCUT2D eigenvalue weighted by Crippen LogP contribution is -2.05. The van der Waals surface area contributed by atoms with E-state index in [2.05, 4.69) is 4.74 Å². The van der Waals surface area contributed by atoms with Gasteiger partial charge in [-0.1, -0.05) is 6.07 Å². The van der Waals surface area contributed by atoms with E-state index in [1.54, 1.807) is 12.1 Å². The Hall–Kier alpha value is -1.39. The number of hydrogen-bond acceptors (Lipinski definition) is 4. The molecule has 0 bridgehead atoms. The fraction of sp³-hybridized carbons (Fsp3) is 0.417. The molecule has 88 valence electrons. The van der Waals surface area contributed by atoms with E-state index in [1.165, 1.54) is 7.11 Å². The molecule has 0 amide bonds. The monoisotopic (exact) mass is 224 g/mol. The van der Waals surface area contributed by atoms with Crippen molar-refractivity contribution >= 4 is 5.97 Å². The van der Waals surface area contributed by atoms with Gasteiger partial charge in [-0.3, -0.25) is 0 Å². The Kier molecular flexibility index (Phi) is 4.95. The van der Waals surface area contributed by atoms with Crippen LogP contribution in [0.5, 0.6) is 0 Å². The minimum Gasteiger partial charge on any atom is -0.465 e. The first-order valence-corrected chi connectivity index (χ1v) is 5.14. The molecule has 0 saturated heterocycles. The zero-order chi connectivity index (χ0) is 12.0. The van der Waals surface area contributed by atoms with E-state index in [9.17, 15) is 4.79 Å². The number of hydrogen-bond donors (Lipinski definition) is 2.